The number of unbranched alkanes of at least 4 members (excludes halogenated alkanes) is 2. The monoisotopic (exact) mass is 647 g/mol. The predicted molar refractivity (Wildman–Crippen MR) is 170 cm³/mol. The van der Waals surface area contributed by atoms with Crippen molar-refractivity contribution in [1.82, 2.24) is 4.90 Å². The second-order valence-electron chi connectivity index (χ2n) is 10.4. The van der Waals surface area contributed by atoms with Crippen LogP contribution in [0.2, 0.25) is 0 Å². The number of halogens is 1. The molecule has 0 N–H and O–H groups in total. The minimum atomic E-state index is -0.181. The third-order valence-corrected chi connectivity index (χ3v) is 8.24. The van der Waals surface area contributed by atoms with Gasteiger partial charge in [0.05, 0.1) is 22.6 Å². The van der Waals surface area contributed by atoms with E-state index in [1.54, 1.807) is 11.8 Å². The van der Waals surface area contributed by atoms with Crippen molar-refractivity contribution in [3.05, 3.63) is 62.5 Å². The molecular formula is C31H38BrNO5S2. The highest BCUT2D eigenvalue weighted by Crippen LogP contribution is 2.40. The molecule has 0 aliphatic carbocycles. The Morgan fingerprint density at radius 1 is 1.05 bits per heavy atom. The summed E-state index contributed by atoms with van der Waals surface area (Å²) >= 11 is 10.4. The van der Waals surface area contributed by atoms with Gasteiger partial charge in [-0.3, -0.25) is 14.5 Å². The third kappa shape index (κ3) is 9.08. The van der Waals surface area contributed by atoms with E-state index in [1.807, 2.05) is 25.1 Å². The number of hydrogen-bond acceptors (Lipinski definition) is 7. The van der Waals surface area contributed by atoms with Gasteiger partial charge in [-0.15, -0.1) is 0 Å². The SMILES string of the molecule is CCOC(=O)CCCCCN1C(=O)/C(=C\c2cc(Br)c(OCc3ccc(C(C)(C)C)cc3)c(OCC)c2)SC1=S. The van der Waals surface area contributed by atoms with Gasteiger partial charge in [0.25, 0.3) is 5.91 Å². The first-order valence-electron chi connectivity index (χ1n) is 13.6. The molecule has 1 aliphatic rings. The Kier molecular flexibility index (Phi) is 12.1. The molecule has 0 aromatic heterocycles. The highest BCUT2D eigenvalue weighted by molar-refractivity contribution is 9.10. The first-order valence-corrected chi connectivity index (χ1v) is 15.6. The van der Waals surface area contributed by atoms with Crippen LogP contribution in [0.3, 0.4) is 0 Å². The Labute approximate surface area is 255 Å². The van der Waals surface area contributed by atoms with E-state index in [2.05, 4.69) is 61.0 Å². The maximum Gasteiger partial charge on any atom is 0.305 e. The van der Waals surface area contributed by atoms with Crippen LogP contribution in [-0.2, 0) is 26.3 Å². The van der Waals surface area contributed by atoms with E-state index in [0.717, 1.165) is 34.9 Å². The van der Waals surface area contributed by atoms with Gasteiger partial charge in [0, 0.05) is 13.0 Å². The Morgan fingerprint density at radius 2 is 1.77 bits per heavy atom. The van der Waals surface area contributed by atoms with Crippen molar-refractivity contribution in [2.24, 2.45) is 0 Å². The molecule has 1 amide bonds. The molecule has 216 valence electrons. The molecule has 0 radical (unpaired) electrons. The van der Waals surface area contributed by atoms with Crippen LogP contribution in [-0.4, -0.2) is 40.9 Å². The smallest absolute Gasteiger partial charge is 0.305 e. The summed E-state index contributed by atoms with van der Waals surface area (Å²) in [6.45, 7) is 12.1. The molecule has 0 bridgehead atoms. The first-order chi connectivity index (χ1) is 19.0. The number of benzene rings is 2. The molecule has 40 heavy (non-hydrogen) atoms. The molecule has 0 unspecified atom stereocenters. The molecular weight excluding hydrogens is 610 g/mol. The molecule has 2 aromatic carbocycles. The van der Waals surface area contributed by atoms with E-state index in [1.165, 1.54) is 17.3 Å². The average Bonchev–Trinajstić information content (AvgIpc) is 3.15. The fourth-order valence-corrected chi connectivity index (χ4v) is 6.01. The standard InChI is InChI=1S/C31H38BrNO5S2/c1-6-36-25-18-22(17-24(32)28(25)38-20-21-12-14-23(15-13-21)31(3,4)5)19-26-29(35)33(30(39)40-26)16-10-8-9-11-27(34)37-7-2/h12-15,17-19H,6-11,16,20H2,1-5H3/b26-19+. The number of thiocarbonyl (C=S) groups is 1. The number of rotatable bonds is 13. The summed E-state index contributed by atoms with van der Waals surface area (Å²) in [6.07, 6.45) is 4.55. The second kappa shape index (κ2) is 15.0. The van der Waals surface area contributed by atoms with Gasteiger partial charge in [-0.1, -0.05) is 75.4 Å². The van der Waals surface area contributed by atoms with Crippen molar-refractivity contribution in [2.75, 3.05) is 19.8 Å². The first kappa shape index (κ1) is 32.2. The summed E-state index contributed by atoms with van der Waals surface area (Å²) in [5, 5.41) is 0. The van der Waals surface area contributed by atoms with Gasteiger partial charge in [0.15, 0.2) is 11.5 Å². The summed E-state index contributed by atoms with van der Waals surface area (Å²) in [7, 11) is 0. The lowest BCUT2D eigenvalue weighted by Gasteiger charge is -2.19. The maximum absolute atomic E-state index is 13.1. The fraction of sp³-hybridized carbons (Fsp3) is 0.452. The van der Waals surface area contributed by atoms with E-state index in [9.17, 15) is 9.59 Å². The Bertz CT molecular complexity index is 1240. The van der Waals surface area contributed by atoms with Crippen molar-refractivity contribution in [1.29, 1.82) is 0 Å². The summed E-state index contributed by atoms with van der Waals surface area (Å²) in [5.74, 6) is 0.939. The quantitative estimate of drug-likeness (QED) is 0.0943. The van der Waals surface area contributed by atoms with Crippen LogP contribution in [0.15, 0.2) is 45.8 Å². The molecule has 6 nitrogen and oxygen atoms in total. The Hall–Kier alpha value is -2.36. The van der Waals surface area contributed by atoms with E-state index >= 15 is 0 Å². The maximum atomic E-state index is 13.1. The number of nitrogens with zero attached hydrogens (tertiary/aromatic N) is 1. The van der Waals surface area contributed by atoms with Gasteiger partial charge < -0.3 is 14.2 Å². The zero-order valence-electron chi connectivity index (χ0n) is 23.9. The lowest BCUT2D eigenvalue weighted by molar-refractivity contribution is -0.143. The zero-order valence-corrected chi connectivity index (χ0v) is 27.1. The van der Waals surface area contributed by atoms with Crippen LogP contribution in [0.1, 0.15) is 77.0 Å². The van der Waals surface area contributed by atoms with Crippen molar-refractivity contribution >= 4 is 62.2 Å². The van der Waals surface area contributed by atoms with E-state index in [4.69, 9.17) is 26.4 Å². The number of amides is 1. The zero-order chi connectivity index (χ0) is 29.3. The number of carbonyl (C=O) groups excluding carboxylic acids is 2. The lowest BCUT2D eigenvalue weighted by Crippen LogP contribution is -2.29. The average molecular weight is 649 g/mol. The lowest BCUT2D eigenvalue weighted by atomic mass is 9.87. The third-order valence-electron chi connectivity index (χ3n) is 6.27. The number of ether oxygens (including phenoxy) is 3. The van der Waals surface area contributed by atoms with Crippen LogP contribution in [0.25, 0.3) is 6.08 Å². The molecule has 0 atom stereocenters. The number of hydrogen-bond donors (Lipinski definition) is 0. The van der Waals surface area contributed by atoms with Crippen LogP contribution in [0.5, 0.6) is 11.5 Å². The summed E-state index contributed by atoms with van der Waals surface area (Å²) in [5.41, 5.74) is 3.25. The van der Waals surface area contributed by atoms with Crippen LogP contribution in [0.4, 0.5) is 0 Å². The topological polar surface area (TPSA) is 65.1 Å². The largest absolute Gasteiger partial charge is 0.490 e. The highest BCUT2D eigenvalue weighted by Gasteiger charge is 2.31. The number of esters is 1. The Balaban J connectivity index is 1.66. The molecule has 0 saturated carbocycles. The van der Waals surface area contributed by atoms with Gasteiger partial charge in [-0.25, -0.2) is 0 Å². The van der Waals surface area contributed by atoms with Crippen molar-refractivity contribution in [2.45, 2.75) is 72.3 Å². The van der Waals surface area contributed by atoms with Crippen molar-refractivity contribution in [3.8, 4) is 11.5 Å². The summed E-state index contributed by atoms with van der Waals surface area (Å²) in [6, 6.07) is 12.3. The normalized spacial score (nSPS) is 14.7. The van der Waals surface area contributed by atoms with Crippen molar-refractivity contribution < 1.29 is 23.8 Å². The minimum Gasteiger partial charge on any atom is -0.490 e. The van der Waals surface area contributed by atoms with E-state index < -0.39 is 0 Å². The molecule has 1 saturated heterocycles. The van der Waals surface area contributed by atoms with Crippen LogP contribution in [0, 0.1) is 0 Å². The second-order valence-corrected chi connectivity index (χ2v) is 13.0. The summed E-state index contributed by atoms with van der Waals surface area (Å²) in [4.78, 5) is 26.8. The molecule has 3 rings (SSSR count). The van der Waals surface area contributed by atoms with Gasteiger partial charge in [-0.05, 0) is 82.9 Å². The highest BCUT2D eigenvalue weighted by atomic mass is 79.9. The summed E-state index contributed by atoms with van der Waals surface area (Å²) < 4.78 is 18.3. The van der Waals surface area contributed by atoms with Crippen LogP contribution >= 0.6 is 39.9 Å². The van der Waals surface area contributed by atoms with Gasteiger partial charge in [0.1, 0.15) is 10.9 Å². The van der Waals surface area contributed by atoms with Gasteiger partial charge in [0.2, 0.25) is 0 Å². The number of carbonyl (C=O) groups is 2. The van der Waals surface area contributed by atoms with Crippen LogP contribution < -0.4 is 9.47 Å². The van der Waals surface area contributed by atoms with Gasteiger partial charge >= 0.3 is 5.97 Å². The fourth-order valence-electron chi connectivity index (χ4n) is 4.12. The minimum absolute atomic E-state index is 0.0972. The number of thioether (sulfide) groups is 1. The molecule has 1 fully saturated rings. The molecule has 9 heteroatoms. The molecule has 2 aromatic rings. The Morgan fingerprint density at radius 3 is 2.42 bits per heavy atom. The molecule has 0 spiro atoms. The molecule has 1 heterocycles. The van der Waals surface area contributed by atoms with Crippen molar-refractivity contribution in [3.63, 3.8) is 0 Å². The van der Waals surface area contributed by atoms with E-state index in [-0.39, 0.29) is 17.3 Å². The van der Waals surface area contributed by atoms with E-state index in [0.29, 0.717) is 53.5 Å². The van der Waals surface area contributed by atoms with Gasteiger partial charge in [-0.2, -0.15) is 0 Å². The molecule has 1 aliphatic heterocycles. The predicted octanol–water partition coefficient (Wildman–Crippen LogP) is 8.05.